The molecule has 0 spiro atoms. The van der Waals surface area contributed by atoms with Crippen molar-refractivity contribution in [2.24, 2.45) is 0 Å². The third-order valence-corrected chi connectivity index (χ3v) is 3.82. The molecule has 2 rings (SSSR count). The highest BCUT2D eigenvalue weighted by molar-refractivity contribution is 5.76. The summed E-state index contributed by atoms with van der Waals surface area (Å²) in [5.74, 6) is 0.296. The van der Waals surface area contributed by atoms with Crippen LogP contribution < -0.4 is 10.2 Å². The highest BCUT2D eigenvalue weighted by Crippen LogP contribution is 2.18. The van der Waals surface area contributed by atoms with Crippen molar-refractivity contribution in [2.75, 3.05) is 44.7 Å². The molecule has 4 heteroatoms. The van der Waals surface area contributed by atoms with Gasteiger partial charge in [0.1, 0.15) is 0 Å². The minimum Gasteiger partial charge on any atom is -0.368 e. The summed E-state index contributed by atoms with van der Waals surface area (Å²) in [5.41, 5.74) is 2.56. The molecule has 1 aliphatic rings. The topological polar surface area (TPSA) is 35.6 Å². The monoisotopic (exact) mass is 275 g/mol. The van der Waals surface area contributed by atoms with Crippen molar-refractivity contribution in [3.05, 3.63) is 29.8 Å². The van der Waals surface area contributed by atoms with Gasteiger partial charge in [-0.25, -0.2) is 0 Å². The highest BCUT2D eigenvalue weighted by Gasteiger charge is 2.20. The van der Waals surface area contributed by atoms with Gasteiger partial charge in [-0.15, -0.1) is 0 Å². The number of rotatable bonds is 5. The summed E-state index contributed by atoms with van der Waals surface area (Å²) in [6.45, 7) is 6.57. The molecule has 1 aromatic rings. The Labute approximate surface area is 121 Å². The predicted octanol–water partition coefficient (Wildman–Crippen LogP) is 1.64. The molecule has 4 nitrogen and oxygen atoms in total. The van der Waals surface area contributed by atoms with Crippen LogP contribution in [0.4, 0.5) is 5.69 Å². The lowest BCUT2D eigenvalue weighted by atomic mass is 10.2. The van der Waals surface area contributed by atoms with Crippen LogP contribution in [0, 0.1) is 6.92 Å². The first-order valence-corrected chi connectivity index (χ1v) is 7.44. The van der Waals surface area contributed by atoms with Crippen molar-refractivity contribution < 1.29 is 4.79 Å². The number of hydrogen-bond donors (Lipinski definition) is 1. The summed E-state index contributed by atoms with van der Waals surface area (Å²) < 4.78 is 0. The molecular weight excluding hydrogens is 250 g/mol. The molecule has 1 saturated heterocycles. The summed E-state index contributed by atoms with van der Waals surface area (Å²) in [7, 11) is 1.92. The first-order valence-electron chi connectivity index (χ1n) is 7.44. The van der Waals surface area contributed by atoms with Crippen molar-refractivity contribution in [1.29, 1.82) is 0 Å². The predicted molar refractivity (Wildman–Crippen MR) is 83.1 cm³/mol. The number of aryl methyl sites for hydroxylation is 1. The lowest BCUT2D eigenvalue weighted by Gasteiger charge is -2.36. The average Bonchev–Trinajstić information content (AvgIpc) is 2.47. The van der Waals surface area contributed by atoms with Gasteiger partial charge in [-0.1, -0.05) is 12.1 Å². The summed E-state index contributed by atoms with van der Waals surface area (Å²) >= 11 is 0. The number of anilines is 1. The number of benzene rings is 1. The van der Waals surface area contributed by atoms with Gasteiger partial charge in [0.2, 0.25) is 5.91 Å². The number of nitrogens with one attached hydrogen (secondary N) is 1. The molecular formula is C16H25N3O. The van der Waals surface area contributed by atoms with Gasteiger partial charge in [0.25, 0.3) is 0 Å². The zero-order valence-electron chi connectivity index (χ0n) is 12.6. The molecule has 1 heterocycles. The molecule has 20 heavy (non-hydrogen) atoms. The van der Waals surface area contributed by atoms with Gasteiger partial charge < -0.3 is 15.1 Å². The van der Waals surface area contributed by atoms with E-state index >= 15 is 0 Å². The van der Waals surface area contributed by atoms with Gasteiger partial charge in [-0.05, 0) is 44.6 Å². The third kappa shape index (κ3) is 3.97. The van der Waals surface area contributed by atoms with E-state index in [1.165, 1.54) is 11.3 Å². The molecule has 0 unspecified atom stereocenters. The number of carbonyl (C=O) groups is 1. The molecule has 1 fully saturated rings. The molecule has 1 aliphatic heterocycles. The molecule has 1 amide bonds. The van der Waals surface area contributed by atoms with E-state index in [0.717, 1.165) is 39.1 Å². The van der Waals surface area contributed by atoms with Gasteiger partial charge in [0, 0.05) is 38.3 Å². The lowest BCUT2D eigenvalue weighted by molar-refractivity contribution is -0.131. The maximum absolute atomic E-state index is 12.0. The van der Waals surface area contributed by atoms with Gasteiger partial charge in [0.15, 0.2) is 0 Å². The van der Waals surface area contributed by atoms with E-state index in [9.17, 15) is 4.79 Å². The Morgan fingerprint density at radius 1 is 1.25 bits per heavy atom. The fourth-order valence-electron chi connectivity index (χ4n) is 2.61. The molecule has 0 atom stereocenters. The van der Waals surface area contributed by atoms with Crippen LogP contribution in [0.5, 0.6) is 0 Å². The fourth-order valence-corrected chi connectivity index (χ4v) is 2.61. The summed E-state index contributed by atoms with van der Waals surface area (Å²) in [6.07, 6.45) is 1.58. The number of nitrogens with zero attached hydrogens (tertiary/aromatic N) is 2. The third-order valence-electron chi connectivity index (χ3n) is 3.82. The van der Waals surface area contributed by atoms with Crippen molar-refractivity contribution in [3.63, 3.8) is 0 Å². The number of hydrogen-bond acceptors (Lipinski definition) is 3. The second-order valence-electron chi connectivity index (χ2n) is 5.41. The summed E-state index contributed by atoms with van der Waals surface area (Å²) in [6, 6.07) is 8.58. The van der Waals surface area contributed by atoms with Crippen molar-refractivity contribution in [3.8, 4) is 0 Å². The van der Waals surface area contributed by atoms with Crippen molar-refractivity contribution in [1.82, 2.24) is 10.2 Å². The van der Waals surface area contributed by atoms with E-state index in [0.29, 0.717) is 12.3 Å². The zero-order valence-corrected chi connectivity index (χ0v) is 12.6. The minimum absolute atomic E-state index is 0.296. The van der Waals surface area contributed by atoms with E-state index in [1.54, 1.807) is 0 Å². The van der Waals surface area contributed by atoms with E-state index in [-0.39, 0.29) is 0 Å². The number of piperazine rings is 1. The Morgan fingerprint density at radius 2 is 2.00 bits per heavy atom. The maximum atomic E-state index is 12.0. The molecule has 0 saturated carbocycles. The van der Waals surface area contributed by atoms with Crippen LogP contribution in [0.2, 0.25) is 0 Å². The lowest BCUT2D eigenvalue weighted by Crippen LogP contribution is -2.48. The van der Waals surface area contributed by atoms with E-state index in [2.05, 4.69) is 41.4 Å². The van der Waals surface area contributed by atoms with Crippen LogP contribution in [0.25, 0.3) is 0 Å². The number of amides is 1. The minimum atomic E-state index is 0.296. The first-order chi connectivity index (χ1) is 9.70. The van der Waals surface area contributed by atoms with Crippen LogP contribution >= 0.6 is 0 Å². The molecule has 0 aromatic heterocycles. The summed E-state index contributed by atoms with van der Waals surface area (Å²) in [4.78, 5) is 16.4. The Bertz CT molecular complexity index is 439. The Balaban J connectivity index is 1.81. The molecule has 1 N–H and O–H groups in total. The maximum Gasteiger partial charge on any atom is 0.222 e. The van der Waals surface area contributed by atoms with Crippen LogP contribution in [0.1, 0.15) is 18.4 Å². The molecule has 0 radical (unpaired) electrons. The summed E-state index contributed by atoms with van der Waals surface area (Å²) in [5, 5.41) is 3.08. The SMILES string of the molecule is CNCCCC(=O)N1CCN(c2cccc(C)c2)CC1. The zero-order chi connectivity index (χ0) is 14.4. The van der Waals surface area contributed by atoms with Crippen LogP contribution in [-0.4, -0.2) is 50.6 Å². The normalized spacial score (nSPS) is 15.5. The van der Waals surface area contributed by atoms with Gasteiger partial charge in [-0.3, -0.25) is 4.79 Å². The largest absolute Gasteiger partial charge is 0.368 e. The first kappa shape index (κ1) is 14.9. The molecule has 1 aromatic carbocycles. The van der Waals surface area contributed by atoms with E-state index < -0.39 is 0 Å². The molecule has 0 aliphatic carbocycles. The Hall–Kier alpha value is -1.55. The second-order valence-corrected chi connectivity index (χ2v) is 5.41. The quantitative estimate of drug-likeness (QED) is 0.830. The fraction of sp³-hybridized carbons (Fsp3) is 0.562. The smallest absolute Gasteiger partial charge is 0.222 e. The van der Waals surface area contributed by atoms with Crippen molar-refractivity contribution in [2.45, 2.75) is 19.8 Å². The standard InChI is InChI=1S/C16H25N3O/c1-14-5-3-6-15(13-14)18-9-11-19(12-10-18)16(20)7-4-8-17-2/h3,5-6,13,17H,4,7-12H2,1-2H3. The van der Waals surface area contributed by atoms with Crippen LogP contribution in [0.3, 0.4) is 0 Å². The van der Waals surface area contributed by atoms with E-state index in [4.69, 9.17) is 0 Å². The average molecular weight is 275 g/mol. The van der Waals surface area contributed by atoms with Crippen molar-refractivity contribution >= 4 is 11.6 Å². The second kappa shape index (κ2) is 7.29. The van der Waals surface area contributed by atoms with Gasteiger partial charge in [-0.2, -0.15) is 0 Å². The van der Waals surface area contributed by atoms with E-state index in [1.807, 2.05) is 11.9 Å². The highest BCUT2D eigenvalue weighted by atomic mass is 16.2. The van der Waals surface area contributed by atoms with Gasteiger partial charge >= 0.3 is 0 Å². The number of carbonyl (C=O) groups excluding carboxylic acids is 1. The molecule has 110 valence electrons. The van der Waals surface area contributed by atoms with Gasteiger partial charge in [0.05, 0.1) is 0 Å². The Morgan fingerprint density at radius 3 is 2.65 bits per heavy atom. The Kier molecular flexibility index (Phi) is 5.41. The molecule has 0 bridgehead atoms. The van der Waals surface area contributed by atoms with Crippen LogP contribution in [-0.2, 0) is 4.79 Å². The van der Waals surface area contributed by atoms with Crippen LogP contribution in [0.15, 0.2) is 24.3 Å².